The first kappa shape index (κ1) is 22.3. The van der Waals surface area contributed by atoms with Gasteiger partial charge in [0.15, 0.2) is 0 Å². The van der Waals surface area contributed by atoms with Gasteiger partial charge in [-0.15, -0.1) is 0 Å². The predicted octanol–water partition coefficient (Wildman–Crippen LogP) is 4.11. The van der Waals surface area contributed by atoms with Crippen LogP contribution in [-0.2, 0) is 23.8 Å². The van der Waals surface area contributed by atoms with E-state index in [1.165, 1.54) is 11.1 Å². The summed E-state index contributed by atoms with van der Waals surface area (Å²) in [7, 11) is 0. The van der Waals surface area contributed by atoms with Gasteiger partial charge in [0.1, 0.15) is 12.2 Å². The maximum absolute atomic E-state index is 14.4. The Labute approximate surface area is 212 Å². The highest BCUT2D eigenvalue weighted by molar-refractivity contribution is 5.85. The van der Waals surface area contributed by atoms with E-state index < -0.39 is 16.4 Å². The van der Waals surface area contributed by atoms with E-state index >= 15 is 0 Å². The van der Waals surface area contributed by atoms with E-state index in [-0.39, 0.29) is 65.4 Å². The Kier molecular flexibility index (Phi) is 3.91. The number of epoxide rings is 1. The second-order valence-corrected chi connectivity index (χ2v) is 14.0. The number of fused-ring (bicyclic) bond motifs is 9. The first-order valence-electron chi connectivity index (χ1n) is 14.2. The van der Waals surface area contributed by atoms with Crippen LogP contribution in [0.3, 0.4) is 0 Å². The Morgan fingerprint density at radius 1 is 1.11 bits per heavy atom. The molecule has 3 heterocycles. The smallest absolute Gasteiger partial charge is 0.313 e. The number of hydrogen-bond donors (Lipinski definition) is 1. The van der Waals surface area contributed by atoms with Crippen molar-refractivity contribution in [3.8, 4) is 0 Å². The molecule has 2 bridgehead atoms. The van der Waals surface area contributed by atoms with Crippen LogP contribution < -0.4 is 0 Å². The molecule has 0 aromatic carbocycles. The molecule has 194 valence electrons. The molecule has 0 aromatic rings. The summed E-state index contributed by atoms with van der Waals surface area (Å²) in [6.45, 7) is 12.8. The maximum Gasteiger partial charge on any atom is 0.313 e. The van der Waals surface area contributed by atoms with E-state index in [9.17, 15) is 14.7 Å². The second kappa shape index (κ2) is 6.31. The molecule has 5 aliphatic carbocycles. The third kappa shape index (κ3) is 2.12. The summed E-state index contributed by atoms with van der Waals surface area (Å²) in [5.74, 6) is 0.252. The Morgan fingerprint density at radius 2 is 1.89 bits per heavy atom. The molecule has 6 nitrogen and oxygen atoms in total. The minimum absolute atomic E-state index is 0.00202. The van der Waals surface area contributed by atoms with Crippen LogP contribution in [0, 0.1) is 46.3 Å². The van der Waals surface area contributed by atoms with Gasteiger partial charge in [-0.3, -0.25) is 9.59 Å². The molecule has 8 rings (SSSR count). The standard InChI is InChI=1S/C30H38O6/c1-13-6-7-19-24(22-18(13)10-20-28(22,5)36-20)35-26(32)29(19)11-16-12-30(29)21(14(16)2)23-17(8-9-27(30,4)33)15(3)25(31)34-23/h15-20,22-24,33H,1,6-12H2,2-5H3/t15-,16-,17-,18-,19+,20+,22-,23-,24-,27-,28+,29-,30+/m0/s1. The number of rotatable bonds is 0. The lowest BCUT2D eigenvalue weighted by molar-refractivity contribution is -0.169. The number of carbonyl (C=O) groups excluding carboxylic acids is 2. The van der Waals surface area contributed by atoms with Crippen molar-refractivity contribution in [2.24, 2.45) is 46.3 Å². The third-order valence-electron chi connectivity index (χ3n) is 13.0. The minimum atomic E-state index is -1.08. The molecule has 8 aliphatic rings. The van der Waals surface area contributed by atoms with Gasteiger partial charge in [-0.2, -0.15) is 0 Å². The summed E-state index contributed by atoms with van der Waals surface area (Å²) in [6, 6.07) is 0. The zero-order valence-corrected chi connectivity index (χ0v) is 21.8. The number of aliphatic hydroxyl groups is 1. The Bertz CT molecular complexity index is 1170. The largest absolute Gasteiger partial charge is 0.461 e. The van der Waals surface area contributed by atoms with Crippen LogP contribution in [0.2, 0.25) is 0 Å². The van der Waals surface area contributed by atoms with E-state index in [4.69, 9.17) is 14.2 Å². The summed E-state index contributed by atoms with van der Waals surface area (Å²) >= 11 is 0. The van der Waals surface area contributed by atoms with E-state index in [2.05, 4.69) is 20.4 Å². The lowest BCUT2D eigenvalue weighted by Gasteiger charge is -2.54. The van der Waals surface area contributed by atoms with Crippen LogP contribution in [0.15, 0.2) is 23.3 Å². The minimum Gasteiger partial charge on any atom is -0.461 e. The van der Waals surface area contributed by atoms with E-state index in [0.29, 0.717) is 12.3 Å². The van der Waals surface area contributed by atoms with Crippen molar-refractivity contribution in [3.05, 3.63) is 23.3 Å². The average Bonchev–Trinajstić information content (AvgIpc) is 3.11. The van der Waals surface area contributed by atoms with Crippen molar-refractivity contribution in [2.45, 2.75) is 102 Å². The van der Waals surface area contributed by atoms with Crippen LogP contribution in [0.25, 0.3) is 0 Å². The zero-order valence-electron chi connectivity index (χ0n) is 21.8. The summed E-state index contributed by atoms with van der Waals surface area (Å²) < 4.78 is 18.8. The van der Waals surface area contributed by atoms with Crippen molar-refractivity contribution < 1.29 is 28.9 Å². The molecule has 4 saturated carbocycles. The fourth-order valence-corrected chi connectivity index (χ4v) is 11.3. The molecule has 13 atom stereocenters. The molecule has 2 spiro atoms. The number of carbonyl (C=O) groups is 2. The van der Waals surface area contributed by atoms with Crippen molar-refractivity contribution >= 4 is 11.9 Å². The first-order chi connectivity index (χ1) is 17.0. The highest BCUT2D eigenvalue weighted by Gasteiger charge is 2.83. The van der Waals surface area contributed by atoms with Gasteiger partial charge in [0.2, 0.25) is 0 Å². The Balaban J connectivity index is 1.33. The lowest BCUT2D eigenvalue weighted by Crippen LogP contribution is -2.60. The molecule has 0 aromatic heterocycles. The van der Waals surface area contributed by atoms with Crippen molar-refractivity contribution in [3.63, 3.8) is 0 Å². The number of esters is 2. The topological polar surface area (TPSA) is 85.4 Å². The van der Waals surface area contributed by atoms with Gasteiger partial charge in [0.05, 0.1) is 28.6 Å². The van der Waals surface area contributed by atoms with E-state index in [1.807, 2.05) is 13.8 Å². The van der Waals surface area contributed by atoms with E-state index in [0.717, 1.165) is 44.1 Å². The molecule has 0 radical (unpaired) electrons. The molecule has 3 saturated heterocycles. The monoisotopic (exact) mass is 494 g/mol. The van der Waals surface area contributed by atoms with Gasteiger partial charge < -0.3 is 19.3 Å². The molecular formula is C30H38O6. The van der Waals surface area contributed by atoms with Crippen LogP contribution in [0.1, 0.15) is 72.6 Å². The molecule has 6 heteroatoms. The zero-order chi connectivity index (χ0) is 25.2. The predicted molar refractivity (Wildman–Crippen MR) is 129 cm³/mol. The number of allylic oxidation sites excluding steroid dienone is 2. The summed E-state index contributed by atoms with van der Waals surface area (Å²) in [4.78, 5) is 27.2. The molecule has 0 amide bonds. The van der Waals surface area contributed by atoms with Gasteiger partial charge in [0, 0.05) is 23.2 Å². The fourth-order valence-electron chi connectivity index (χ4n) is 11.3. The molecule has 36 heavy (non-hydrogen) atoms. The summed E-state index contributed by atoms with van der Waals surface area (Å²) in [5.41, 5.74) is 0.691. The molecule has 1 N–H and O–H groups in total. The summed E-state index contributed by atoms with van der Waals surface area (Å²) in [6.07, 6.45) is 5.15. The Morgan fingerprint density at radius 3 is 2.67 bits per heavy atom. The maximum atomic E-state index is 14.4. The van der Waals surface area contributed by atoms with Gasteiger partial charge in [-0.1, -0.05) is 24.6 Å². The SMILES string of the molecule is C=C1CC[C@@H]2[C@H](OC(=O)[C@]23C[C@H]2C[C@]34C(=C2C)[C@H]2OC(=O)[C@@H](C)[C@@H]2CC[C@]4(C)O)[C@@H]2[C@H]1C[C@H]1O[C@@]21C. The normalized spacial score (nSPS) is 60.1. The highest BCUT2D eigenvalue weighted by Crippen LogP contribution is 2.79. The molecule has 3 aliphatic heterocycles. The third-order valence-corrected chi connectivity index (χ3v) is 13.0. The fraction of sp³-hybridized carbons (Fsp3) is 0.800. The molecule has 7 fully saturated rings. The van der Waals surface area contributed by atoms with Crippen LogP contribution in [0.5, 0.6) is 0 Å². The summed E-state index contributed by atoms with van der Waals surface area (Å²) in [5, 5.41) is 12.5. The van der Waals surface area contributed by atoms with Crippen molar-refractivity contribution in [1.82, 2.24) is 0 Å². The second-order valence-electron chi connectivity index (χ2n) is 14.0. The van der Waals surface area contributed by atoms with Crippen LogP contribution in [-0.4, -0.2) is 46.6 Å². The van der Waals surface area contributed by atoms with Gasteiger partial charge in [0.25, 0.3) is 0 Å². The molecule has 0 unspecified atom stereocenters. The van der Waals surface area contributed by atoms with Gasteiger partial charge >= 0.3 is 11.9 Å². The Hall–Kier alpha value is -1.66. The molecular weight excluding hydrogens is 456 g/mol. The van der Waals surface area contributed by atoms with Crippen LogP contribution >= 0.6 is 0 Å². The highest BCUT2D eigenvalue weighted by atomic mass is 16.6. The number of hydrogen-bond acceptors (Lipinski definition) is 6. The number of ether oxygens (including phenoxy) is 3. The lowest BCUT2D eigenvalue weighted by atomic mass is 9.48. The van der Waals surface area contributed by atoms with E-state index in [1.54, 1.807) is 0 Å². The van der Waals surface area contributed by atoms with Gasteiger partial charge in [-0.25, -0.2) is 0 Å². The average molecular weight is 495 g/mol. The first-order valence-corrected chi connectivity index (χ1v) is 14.2. The van der Waals surface area contributed by atoms with Crippen LogP contribution in [0.4, 0.5) is 0 Å². The van der Waals surface area contributed by atoms with Crippen molar-refractivity contribution in [1.29, 1.82) is 0 Å². The van der Waals surface area contributed by atoms with Gasteiger partial charge in [-0.05, 0) is 83.1 Å². The van der Waals surface area contributed by atoms with Crippen molar-refractivity contribution in [2.75, 3.05) is 0 Å². The quantitative estimate of drug-likeness (QED) is 0.310.